The zero-order valence-electron chi connectivity index (χ0n) is 18.0. The van der Waals surface area contributed by atoms with Crippen LogP contribution in [-0.2, 0) is 14.8 Å². The highest BCUT2D eigenvalue weighted by molar-refractivity contribution is 8.00. The lowest BCUT2D eigenvalue weighted by Gasteiger charge is -2.17. The molecule has 1 aromatic heterocycles. The van der Waals surface area contributed by atoms with Gasteiger partial charge in [0.15, 0.2) is 11.0 Å². The lowest BCUT2D eigenvalue weighted by Crippen LogP contribution is -2.23. The average molecular weight is 460 g/mol. The maximum absolute atomic E-state index is 12.6. The van der Waals surface area contributed by atoms with Crippen molar-refractivity contribution in [2.45, 2.75) is 36.1 Å². The van der Waals surface area contributed by atoms with Gasteiger partial charge in [-0.25, -0.2) is 12.7 Å². The number of carbonyl (C=O) groups excluding carboxylic acids is 1. The Morgan fingerprint density at radius 2 is 1.71 bits per heavy atom. The fourth-order valence-corrected chi connectivity index (χ4v) is 4.87. The summed E-state index contributed by atoms with van der Waals surface area (Å²) in [5, 5.41) is 8.65. The third-order valence-electron chi connectivity index (χ3n) is 4.85. The Bertz CT molecular complexity index is 1220. The first kappa shape index (κ1) is 23.0. The number of thioether (sulfide) groups is 1. The number of para-hydroxylation sites is 1. The number of rotatable bonds is 7. The Labute approximate surface area is 186 Å². The first-order valence-electron chi connectivity index (χ1n) is 9.55. The number of aryl methyl sites for hydroxylation is 2. The number of sulfonamides is 1. The highest BCUT2D eigenvalue weighted by atomic mass is 32.2. The fraction of sp³-hybridized carbons (Fsp3) is 0.286. The average Bonchev–Trinajstić information content (AvgIpc) is 3.11. The molecule has 0 spiro atoms. The van der Waals surface area contributed by atoms with Crippen LogP contribution in [0.1, 0.15) is 18.1 Å². The van der Waals surface area contributed by atoms with E-state index in [1.807, 2.05) is 36.6 Å². The number of hydrogen-bond donors (Lipinski definition) is 1. The summed E-state index contributed by atoms with van der Waals surface area (Å²) < 4.78 is 28.3. The quantitative estimate of drug-likeness (QED) is 0.544. The number of carbonyl (C=O) groups is 1. The van der Waals surface area contributed by atoms with Crippen LogP contribution in [0, 0.1) is 13.8 Å². The minimum Gasteiger partial charge on any atom is -0.369 e. The molecule has 1 amide bonds. The summed E-state index contributed by atoms with van der Waals surface area (Å²) in [6.45, 7) is 5.66. The van der Waals surface area contributed by atoms with Crippen LogP contribution in [0.2, 0.25) is 0 Å². The third kappa shape index (κ3) is 4.51. The van der Waals surface area contributed by atoms with Gasteiger partial charge in [0, 0.05) is 19.7 Å². The summed E-state index contributed by atoms with van der Waals surface area (Å²) in [6, 6.07) is 12.5. The molecule has 3 aromatic rings. The van der Waals surface area contributed by atoms with Crippen LogP contribution in [0.15, 0.2) is 52.5 Å². The SMILES string of the molecule is Cc1cccc(C)c1-n1c(S[C@H](C)C(N)=O)nnc1-c1cccc(S(=O)(=O)N(C)C)c1. The van der Waals surface area contributed by atoms with Crippen LogP contribution in [-0.4, -0.2) is 52.7 Å². The number of aromatic nitrogens is 3. The number of nitrogens with zero attached hydrogens (tertiary/aromatic N) is 4. The van der Waals surface area contributed by atoms with Gasteiger partial charge in [-0.15, -0.1) is 10.2 Å². The van der Waals surface area contributed by atoms with E-state index in [1.165, 1.54) is 25.9 Å². The number of primary amides is 1. The van der Waals surface area contributed by atoms with E-state index in [4.69, 9.17) is 5.73 Å². The van der Waals surface area contributed by atoms with Crippen molar-refractivity contribution in [2.75, 3.05) is 14.1 Å². The summed E-state index contributed by atoms with van der Waals surface area (Å²) >= 11 is 1.21. The molecular weight excluding hydrogens is 434 g/mol. The predicted octanol–water partition coefficient (Wildman–Crippen LogP) is 2.77. The van der Waals surface area contributed by atoms with E-state index in [0.29, 0.717) is 16.5 Å². The molecule has 0 radical (unpaired) electrons. The highest BCUT2D eigenvalue weighted by Gasteiger charge is 2.24. The van der Waals surface area contributed by atoms with Crippen LogP contribution in [0.5, 0.6) is 0 Å². The monoisotopic (exact) mass is 459 g/mol. The predicted molar refractivity (Wildman–Crippen MR) is 122 cm³/mol. The van der Waals surface area contributed by atoms with Crippen molar-refractivity contribution in [1.82, 2.24) is 19.1 Å². The lowest BCUT2D eigenvalue weighted by atomic mass is 10.1. The zero-order valence-corrected chi connectivity index (χ0v) is 19.7. The van der Waals surface area contributed by atoms with Crippen molar-refractivity contribution >= 4 is 27.7 Å². The van der Waals surface area contributed by atoms with Crippen molar-refractivity contribution in [1.29, 1.82) is 0 Å². The van der Waals surface area contributed by atoms with E-state index in [9.17, 15) is 13.2 Å². The first-order valence-corrected chi connectivity index (χ1v) is 11.9. The summed E-state index contributed by atoms with van der Waals surface area (Å²) in [6.07, 6.45) is 0. The topological polar surface area (TPSA) is 111 Å². The molecule has 164 valence electrons. The summed E-state index contributed by atoms with van der Waals surface area (Å²) in [5.41, 5.74) is 8.91. The van der Waals surface area contributed by atoms with E-state index in [1.54, 1.807) is 31.2 Å². The fourth-order valence-electron chi connectivity index (χ4n) is 3.12. The van der Waals surface area contributed by atoms with Crippen LogP contribution in [0.4, 0.5) is 0 Å². The van der Waals surface area contributed by atoms with Gasteiger partial charge in [-0.2, -0.15) is 0 Å². The molecule has 8 nitrogen and oxygen atoms in total. The Hall–Kier alpha value is -2.69. The molecule has 1 heterocycles. The van der Waals surface area contributed by atoms with Gasteiger partial charge in [0.25, 0.3) is 0 Å². The van der Waals surface area contributed by atoms with Gasteiger partial charge < -0.3 is 5.73 Å². The number of nitrogens with two attached hydrogens (primary N) is 1. The second-order valence-corrected chi connectivity index (χ2v) is 10.8. The molecule has 0 saturated carbocycles. The van der Waals surface area contributed by atoms with E-state index >= 15 is 0 Å². The Morgan fingerprint density at radius 3 is 2.29 bits per heavy atom. The van der Waals surface area contributed by atoms with Gasteiger partial charge in [-0.1, -0.05) is 42.1 Å². The molecule has 0 aliphatic carbocycles. The van der Waals surface area contributed by atoms with E-state index in [0.717, 1.165) is 21.1 Å². The lowest BCUT2D eigenvalue weighted by molar-refractivity contribution is -0.117. The van der Waals surface area contributed by atoms with E-state index < -0.39 is 21.2 Å². The molecule has 3 rings (SSSR count). The van der Waals surface area contributed by atoms with Crippen LogP contribution >= 0.6 is 11.8 Å². The van der Waals surface area contributed by atoms with Crippen LogP contribution in [0.3, 0.4) is 0 Å². The smallest absolute Gasteiger partial charge is 0.242 e. The Kier molecular flexibility index (Phi) is 6.54. The van der Waals surface area contributed by atoms with E-state index in [-0.39, 0.29) is 4.90 Å². The van der Waals surface area contributed by atoms with Gasteiger partial charge >= 0.3 is 0 Å². The maximum Gasteiger partial charge on any atom is 0.242 e. The normalized spacial score (nSPS) is 12.8. The molecule has 0 bridgehead atoms. The molecule has 0 saturated heterocycles. The van der Waals surface area contributed by atoms with Crippen LogP contribution in [0.25, 0.3) is 17.1 Å². The number of hydrogen-bond acceptors (Lipinski definition) is 6. The minimum atomic E-state index is -3.62. The van der Waals surface area contributed by atoms with Gasteiger partial charge in [0.2, 0.25) is 15.9 Å². The molecule has 2 N–H and O–H groups in total. The molecule has 10 heteroatoms. The molecular formula is C21H25N5O3S2. The van der Waals surface area contributed by atoms with Gasteiger partial charge in [-0.3, -0.25) is 9.36 Å². The van der Waals surface area contributed by atoms with Crippen molar-refractivity contribution in [3.05, 3.63) is 53.6 Å². The van der Waals surface area contributed by atoms with Gasteiger partial charge in [-0.05, 0) is 44.0 Å². The summed E-state index contributed by atoms with van der Waals surface area (Å²) in [7, 11) is -0.641. The van der Waals surface area contributed by atoms with Crippen molar-refractivity contribution in [3.8, 4) is 17.1 Å². The maximum atomic E-state index is 12.6. The van der Waals surface area contributed by atoms with Crippen LogP contribution < -0.4 is 5.73 Å². The highest BCUT2D eigenvalue weighted by Crippen LogP contribution is 2.33. The first-order chi connectivity index (χ1) is 14.5. The second-order valence-electron chi connectivity index (χ2n) is 7.36. The molecule has 0 aliphatic heterocycles. The molecule has 0 aliphatic rings. The second kappa shape index (κ2) is 8.81. The van der Waals surface area contributed by atoms with E-state index in [2.05, 4.69) is 10.2 Å². The number of amides is 1. The Balaban J connectivity index is 2.25. The standard InChI is InChI=1S/C21H25N5O3S2/c1-13-8-6-9-14(2)18(13)26-20(23-24-21(26)30-15(3)19(22)27)16-10-7-11-17(12-16)31(28,29)25(4)5/h6-12,15H,1-5H3,(H2,22,27)/t15-/m1/s1. The van der Waals surface area contributed by atoms with Gasteiger partial charge in [0.05, 0.1) is 15.8 Å². The number of benzene rings is 2. The van der Waals surface area contributed by atoms with Gasteiger partial charge in [0.1, 0.15) is 0 Å². The molecule has 0 fully saturated rings. The zero-order chi connectivity index (χ0) is 22.9. The van der Waals surface area contributed by atoms with Crippen molar-refractivity contribution < 1.29 is 13.2 Å². The molecule has 0 unspecified atom stereocenters. The molecule has 2 aromatic carbocycles. The largest absolute Gasteiger partial charge is 0.369 e. The molecule has 31 heavy (non-hydrogen) atoms. The molecule has 1 atom stereocenters. The van der Waals surface area contributed by atoms with Crippen molar-refractivity contribution in [3.63, 3.8) is 0 Å². The summed E-state index contributed by atoms with van der Waals surface area (Å²) in [5.74, 6) is 0.0223. The Morgan fingerprint density at radius 1 is 1.10 bits per heavy atom. The van der Waals surface area contributed by atoms with Crippen molar-refractivity contribution in [2.24, 2.45) is 5.73 Å². The minimum absolute atomic E-state index is 0.158. The third-order valence-corrected chi connectivity index (χ3v) is 7.72. The summed E-state index contributed by atoms with van der Waals surface area (Å²) in [4.78, 5) is 11.8.